The molecule has 2 heterocycles. The lowest BCUT2D eigenvalue weighted by Crippen LogP contribution is -2.40. The molecule has 0 amide bonds. The molecule has 6 rings (SSSR count). The molecule has 278 valence electrons. The van der Waals surface area contributed by atoms with Crippen LogP contribution in [0.5, 0.6) is 0 Å². The summed E-state index contributed by atoms with van der Waals surface area (Å²) in [7, 11) is -3.32. The normalized spacial score (nSPS) is 27.4. The summed E-state index contributed by atoms with van der Waals surface area (Å²) in [5, 5.41) is 19.0. The first-order chi connectivity index (χ1) is 26.0. The minimum atomic E-state index is -3.32. The topological polar surface area (TPSA) is 107 Å². The van der Waals surface area contributed by atoms with Crippen molar-refractivity contribution in [2.24, 2.45) is 53.3 Å². The molecule has 2 aromatic heterocycles. The van der Waals surface area contributed by atoms with Crippen LogP contribution in [-0.2, 0) is 9.84 Å². The molecule has 0 unspecified atom stereocenters. The van der Waals surface area contributed by atoms with Gasteiger partial charge >= 0.3 is 0 Å². The lowest BCUT2D eigenvalue weighted by molar-refractivity contribution is 0.105. The van der Waals surface area contributed by atoms with Crippen LogP contribution in [0.2, 0.25) is 0 Å². The second-order valence-electron chi connectivity index (χ2n) is 16.1. The van der Waals surface area contributed by atoms with E-state index in [4.69, 9.17) is 4.98 Å². The molecule has 2 aliphatic rings. The molecule has 0 radical (unpaired) electrons. The smallest absolute Gasteiger partial charge is 0.150 e. The quantitative estimate of drug-likeness (QED) is 0.160. The number of nitrogens with zero attached hydrogens (tertiary/aromatic N) is 4. The standard InChI is InChI=1S/C47H52N4O2S/c1-31-14-15-40(45(33(31)3)23-21-43-19-17-39(28-51-43)47-13-9-7-11-37(47)26-49)29-54(52,53)30-41-24-32(2)34(4)44(35(41)5)22-20-42-18-16-38(27-50-42)46-12-8-6-10-36(46)25-48/h6-13,16-23,27-28,31-35,40-41,44-45H,14-15,24,29-30H2,1-5H3/b22-20+,23-21+/t31-,32-,33+,34+,35+,40-,41-,44-,45-/m0/s1. The summed E-state index contributed by atoms with van der Waals surface area (Å²) >= 11 is 0. The number of allylic oxidation sites excluding steroid dienone is 2. The highest BCUT2D eigenvalue weighted by Gasteiger charge is 2.41. The van der Waals surface area contributed by atoms with E-state index in [0.29, 0.717) is 34.8 Å². The van der Waals surface area contributed by atoms with Crippen LogP contribution in [-0.4, -0.2) is 29.9 Å². The fraction of sp³-hybridized carbons (Fsp3) is 0.404. The van der Waals surface area contributed by atoms with Crippen molar-refractivity contribution < 1.29 is 8.42 Å². The largest absolute Gasteiger partial charge is 0.256 e. The molecule has 0 saturated heterocycles. The van der Waals surface area contributed by atoms with Gasteiger partial charge in [-0.15, -0.1) is 0 Å². The zero-order valence-corrected chi connectivity index (χ0v) is 33.0. The van der Waals surface area contributed by atoms with E-state index in [1.807, 2.05) is 85.2 Å². The maximum absolute atomic E-state index is 14.1. The lowest BCUT2D eigenvalue weighted by Gasteiger charge is -2.43. The number of rotatable bonds is 10. The third-order valence-electron chi connectivity index (χ3n) is 12.8. The first-order valence-corrected chi connectivity index (χ1v) is 21.3. The van der Waals surface area contributed by atoms with Crippen molar-refractivity contribution in [2.45, 2.75) is 53.9 Å². The molecule has 2 aromatic carbocycles. The summed E-state index contributed by atoms with van der Waals surface area (Å²) in [5.74, 6) is 2.94. The molecule has 4 aromatic rings. The van der Waals surface area contributed by atoms with Crippen molar-refractivity contribution in [2.75, 3.05) is 11.5 Å². The lowest BCUT2D eigenvalue weighted by atomic mass is 9.64. The molecule has 2 fully saturated rings. The van der Waals surface area contributed by atoms with Gasteiger partial charge in [0.1, 0.15) is 0 Å². The Kier molecular flexibility index (Phi) is 12.3. The number of benzene rings is 2. The van der Waals surface area contributed by atoms with Crippen LogP contribution in [0.4, 0.5) is 0 Å². The van der Waals surface area contributed by atoms with Gasteiger partial charge in [0.15, 0.2) is 9.84 Å². The van der Waals surface area contributed by atoms with Gasteiger partial charge in [-0.1, -0.05) is 102 Å². The summed E-state index contributed by atoms with van der Waals surface area (Å²) in [6.07, 6.45) is 15.1. The van der Waals surface area contributed by atoms with Gasteiger partial charge in [0.25, 0.3) is 0 Å². The van der Waals surface area contributed by atoms with Crippen LogP contribution >= 0.6 is 0 Å². The van der Waals surface area contributed by atoms with Crippen molar-refractivity contribution in [1.29, 1.82) is 10.5 Å². The summed E-state index contributed by atoms with van der Waals surface area (Å²) < 4.78 is 28.2. The SMILES string of the molecule is C[C@@H]1[C@H](CS(=O)(=O)C[C@@H]2CC[C@H](C)[C@@H](C)[C@@H]2/C=C/c2ccc(-c3ccccc3C#N)cn2)C[C@H](C)[C@@H](C)[C@@H]1/C=C/c1ccc(-c2ccccc2C#N)cn1. The Hall–Kier alpha value is -4.85. The number of sulfone groups is 1. The molecule has 0 aliphatic heterocycles. The van der Waals surface area contributed by atoms with Crippen LogP contribution in [0.3, 0.4) is 0 Å². The van der Waals surface area contributed by atoms with Gasteiger partial charge in [0.2, 0.25) is 0 Å². The van der Waals surface area contributed by atoms with Gasteiger partial charge in [0.05, 0.1) is 46.2 Å². The number of aromatic nitrogens is 2. The van der Waals surface area contributed by atoms with Gasteiger partial charge in [-0.2, -0.15) is 10.5 Å². The molecule has 2 saturated carbocycles. The summed E-state index contributed by atoms with van der Waals surface area (Å²) in [6.45, 7) is 11.4. The van der Waals surface area contributed by atoms with E-state index in [-0.39, 0.29) is 41.1 Å². The van der Waals surface area contributed by atoms with E-state index < -0.39 is 9.84 Å². The van der Waals surface area contributed by atoms with E-state index in [0.717, 1.165) is 52.9 Å². The van der Waals surface area contributed by atoms with Crippen LogP contribution in [0, 0.1) is 75.9 Å². The fourth-order valence-corrected chi connectivity index (χ4v) is 11.3. The van der Waals surface area contributed by atoms with Crippen molar-refractivity contribution in [1.82, 2.24) is 9.97 Å². The van der Waals surface area contributed by atoms with Gasteiger partial charge in [-0.05, 0) is 103 Å². The molecule has 0 N–H and O–H groups in total. The number of nitriles is 2. The number of hydrogen-bond acceptors (Lipinski definition) is 6. The predicted octanol–water partition coefficient (Wildman–Crippen LogP) is 10.5. The average Bonchev–Trinajstić information content (AvgIpc) is 3.18. The molecule has 9 atom stereocenters. The van der Waals surface area contributed by atoms with Crippen LogP contribution in [0.15, 0.2) is 97.3 Å². The van der Waals surface area contributed by atoms with Crippen molar-refractivity contribution >= 4 is 22.0 Å². The van der Waals surface area contributed by atoms with Crippen molar-refractivity contribution in [3.05, 3.63) is 120 Å². The Morgan fingerprint density at radius 1 is 0.630 bits per heavy atom. The minimum absolute atomic E-state index is 0.0688. The van der Waals surface area contributed by atoms with Gasteiger partial charge in [-0.25, -0.2) is 8.42 Å². The Bertz CT molecular complexity index is 2160. The molecular formula is C47H52N4O2S. The van der Waals surface area contributed by atoms with Crippen LogP contribution < -0.4 is 0 Å². The third kappa shape index (κ3) is 8.91. The van der Waals surface area contributed by atoms with Crippen molar-refractivity contribution in [3.8, 4) is 34.4 Å². The highest BCUT2D eigenvalue weighted by atomic mass is 32.2. The number of pyridine rings is 2. The maximum atomic E-state index is 14.1. The first-order valence-electron chi connectivity index (χ1n) is 19.5. The first kappa shape index (κ1) is 38.9. The molecule has 0 bridgehead atoms. The molecule has 6 nitrogen and oxygen atoms in total. The van der Waals surface area contributed by atoms with Crippen molar-refractivity contribution in [3.63, 3.8) is 0 Å². The zero-order valence-electron chi connectivity index (χ0n) is 32.1. The van der Waals surface area contributed by atoms with E-state index in [1.54, 1.807) is 0 Å². The Balaban J connectivity index is 1.13. The Labute approximate surface area is 322 Å². The summed E-state index contributed by atoms with van der Waals surface area (Å²) in [6, 6.07) is 27.6. The highest BCUT2D eigenvalue weighted by molar-refractivity contribution is 7.91. The van der Waals surface area contributed by atoms with Gasteiger partial charge in [-0.3, -0.25) is 9.97 Å². The molecule has 0 spiro atoms. The van der Waals surface area contributed by atoms with Crippen LogP contribution in [0.1, 0.15) is 76.4 Å². The molecular weight excluding hydrogens is 685 g/mol. The highest BCUT2D eigenvalue weighted by Crippen LogP contribution is 2.45. The zero-order chi connectivity index (χ0) is 38.4. The molecule has 2 aliphatic carbocycles. The Morgan fingerprint density at radius 2 is 1.13 bits per heavy atom. The molecule has 7 heteroatoms. The van der Waals surface area contributed by atoms with E-state index in [1.165, 1.54) is 0 Å². The second-order valence-corrected chi connectivity index (χ2v) is 18.2. The van der Waals surface area contributed by atoms with Gasteiger partial charge < -0.3 is 0 Å². The third-order valence-corrected chi connectivity index (χ3v) is 14.6. The monoisotopic (exact) mass is 736 g/mol. The Morgan fingerprint density at radius 3 is 1.65 bits per heavy atom. The maximum Gasteiger partial charge on any atom is 0.150 e. The number of hydrogen-bond donors (Lipinski definition) is 0. The van der Waals surface area contributed by atoms with E-state index >= 15 is 0 Å². The average molecular weight is 737 g/mol. The molecule has 54 heavy (non-hydrogen) atoms. The van der Waals surface area contributed by atoms with E-state index in [2.05, 4.69) is 76.0 Å². The fourth-order valence-electron chi connectivity index (χ4n) is 9.05. The van der Waals surface area contributed by atoms with Crippen LogP contribution in [0.25, 0.3) is 34.4 Å². The van der Waals surface area contributed by atoms with Gasteiger partial charge in [0, 0.05) is 34.6 Å². The summed E-state index contributed by atoms with van der Waals surface area (Å²) in [5.41, 5.74) is 6.47. The van der Waals surface area contributed by atoms with E-state index in [9.17, 15) is 18.9 Å². The second kappa shape index (κ2) is 17.1. The predicted molar refractivity (Wildman–Crippen MR) is 219 cm³/mol. The summed E-state index contributed by atoms with van der Waals surface area (Å²) in [4.78, 5) is 9.38. The minimum Gasteiger partial charge on any atom is -0.256 e.